The van der Waals surface area contributed by atoms with Gasteiger partial charge in [0.05, 0.1) is 6.04 Å². The van der Waals surface area contributed by atoms with Crippen molar-refractivity contribution in [1.82, 2.24) is 0 Å². The third kappa shape index (κ3) is 2.96. The van der Waals surface area contributed by atoms with E-state index < -0.39 is 17.0 Å². The molecule has 0 bridgehead atoms. The van der Waals surface area contributed by atoms with Gasteiger partial charge in [-0.25, -0.2) is 9.59 Å². The number of rotatable bonds is 5. The first-order chi connectivity index (χ1) is 13.5. The summed E-state index contributed by atoms with van der Waals surface area (Å²) in [7, 11) is 0. The van der Waals surface area contributed by atoms with E-state index in [2.05, 4.69) is 41.2 Å². The molecule has 0 aromatic heterocycles. The Balaban J connectivity index is 2.48. The number of hydrogen-bond donors (Lipinski definition) is 0. The van der Waals surface area contributed by atoms with Crippen LogP contribution in [0.4, 0.5) is 0 Å². The van der Waals surface area contributed by atoms with Crippen LogP contribution in [0.2, 0.25) is 0 Å². The third-order valence-electron chi connectivity index (χ3n) is 6.32. The highest BCUT2D eigenvalue weighted by Crippen LogP contribution is 2.58. The zero-order chi connectivity index (χ0) is 20.2. The van der Waals surface area contributed by atoms with Crippen molar-refractivity contribution in [3.05, 3.63) is 71.8 Å². The van der Waals surface area contributed by atoms with Gasteiger partial charge in [0, 0.05) is 5.41 Å². The number of benzene rings is 2. The van der Waals surface area contributed by atoms with Gasteiger partial charge in [0.1, 0.15) is 5.54 Å². The van der Waals surface area contributed by atoms with Crippen LogP contribution in [0.5, 0.6) is 0 Å². The zero-order valence-corrected chi connectivity index (χ0v) is 16.6. The Labute approximate surface area is 166 Å². The molecule has 1 aliphatic rings. The molecule has 0 spiro atoms. The van der Waals surface area contributed by atoms with Crippen LogP contribution in [0.3, 0.4) is 0 Å². The first-order valence-corrected chi connectivity index (χ1v) is 9.80. The average molecular weight is 374 g/mol. The first kappa shape index (κ1) is 19.9. The van der Waals surface area contributed by atoms with Gasteiger partial charge in [0.2, 0.25) is 12.2 Å². The van der Waals surface area contributed by atoms with E-state index in [4.69, 9.17) is 0 Å². The van der Waals surface area contributed by atoms with Crippen LogP contribution < -0.4 is 0 Å². The van der Waals surface area contributed by atoms with E-state index in [1.54, 1.807) is 6.08 Å². The molecule has 144 valence electrons. The largest absolute Gasteiger partial charge is 0.235 e. The lowest BCUT2D eigenvalue weighted by atomic mass is 9.48. The minimum absolute atomic E-state index is 0.0519. The molecule has 0 amide bonds. The molecular weight excluding hydrogens is 348 g/mol. The maximum absolute atomic E-state index is 11.7. The maximum Gasteiger partial charge on any atom is 0.235 e. The third-order valence-corrected chi connectivity index (χ3v) is 6.32. The molecule has 28 heavy (non-hydrogen) atoms. The second kappa shape index (κ2) is 8.06. The SMILES string of the molecule is CC1CC(N=C=O)C(N=C=O)(C(C)C)C(c2ccccc2)(c2ccccc2)C1. The van der Waals surface area contributed by atoms with E-state index in [1.165, 1.54) is 0 Å². The van der Waals surface area contributed by atoms with Crippen LogP contribution in [-0.2, 0) is 15.0 Å². The highest BCUT2D eigenvalue weighted by molar-refractivity contribution is 5.51. The van der Waals surface area contributed by atoms with Crippen LogP contribution in [0.25, 0.3) is 0 Å². The molecule has 0 radical (unpaired) electrons. The number of carbonyl (C=O) groups excluding carboxylic acids is 2. The van der Waals surface area contributed by atoms with Gasteiger partial charge in [-0.2, -0.15) is 9.98 Å². The van der Waals surface area contributed by atoms with Crippen molar-refractivity contribution in [2.75, 3.05) is 0 Å². The van der Waals surface area contributed by atoms with Crippen molar-refractivity contribution < 1.29 is 9.59 Å². The Morgan fingerprint density at radius 2 is 1.46 bits per heavy atom. The maximum atomic E-state index is 11.7. The Morgan fingerprint density at radius 3 is 1.89 bits per heavy atom. The Kier molecular flexibility index (Phi) is 5.74. The lowest BCUT2D eigenvalue weighted by Gasteiger charge is -2.57. The second-order valence-electron chi connectivity index (χ2n) is 8.10. The van der Waals surface area contributed by atoms with Crippen molar-refractivity contribution >= 4 is 12.2 Å². The van der Waals surface area contributed by atoms with Gasteiger partial charge in [0.25, 0.3) is 0 Å². The standard InChI is InChI=1S/C24H26N2O2/c1-18(2)24(26-17-28)22(25-16-27)14-19(3)15-23(24,20-10-6-4-7-11-20)21-12-8-5-9-13-21/h4-13,18-19,22H,14-15H2,1-3H3. The fourth-order valence-electron chi connectivity index (χ4n) is 5.39. The monoisotopic (exact) mass is 374 g/mol. The van der Waals surface area contributed by atoms with E-state index in [0.717, 1.165) is 17.5 Å². The van der Waals surface area contributed by atoms with Gasteiger partial charge >= 0.3 is 0 Å². The number of hydrogen-bond acceptors (Lipinski definition) is 4. The van der Waals surface area contributed by atoms with Crippen LogP contribution in [0.15, 0.2) is 70.6 Å². The molecule has 3 rings (SSSR count). The molecule has 2 aromatic carbocycles. The molecule has 1 aliphatic carbocycles. The number of nitrogens with zero attached hydrogens (tertiary/aromatic N) is 2. The normalized spacial score (nSPS) is 26.1. The number of isocyanates is 2. The molecule has 0 N–H and O–H groups in total. The van der Waals surface area contributed by atoms with E-state index in [1.807, 2.05) is 56.3 Å². The molecule has 4 nitrogen and oxygen atoms in total. The highest BCUT2D eigenvalue weighted by Gasteiger charge is 2.63. The molecule has 0 heterocycles. The molecule has 0 aliphatic heterocycles. The van der Waals surface area contributed by atoms with Gasteiger partial charge in [-0.05, 0) is 35.8 Å². The van der Waals surface area contributed by atoms with E-state index >= 15 is 0 Å². The van der Waals surface area contributed by atoms with Gasteiger partial charge in [-0.15, -0.1) is 0 Å². The number of aliphatic imine (C=N–C) groups is 2. The van der Waals surface area contributed by atoms with Crippen molar-refractivity contribution in [2.24, 2.45) is 21.8 Å². The van der Waals surface area contributed by atoms with Gasteiger partial charge in [-0.1, -0.05) is 81.4 Å². The summed E-state index contributed by atoms with van der Waals surface area (Å²) in [6.45, 7) is 6.26. The zero-order valence-electron chi connectivity index (χ0n) is 16.6. The van der Waals surface area contributed by atoms with Crippen molar-refractivity contribution in [3.63, 3.8) is 0 Å². The Bertz CT molecular complexity index is 857. The topological polar surface area (TPSA) is 58.9 Å². The summed E-state index contributed by atoms with van der Waals surface area (Å²) in [5.41, 5.74) is 0.614. The minimum Gasteiger partial charge on any atom is -0.211 e. The molecule has 2 aromatic rings. The summed E-state index contributed by atoms with van der Waals surface area (Å²) in [5, 5.41) is 0. The minimum atomic E-state index is -0.929. The van der Waals surface area contributed by atoms with Gasteiger partial charge in [0.15, 0.2) is 0 Å². The van der Waals surface area contributed by atoms with E-state index in [0.29, 0.717) is 6.42 Å². The predicted octanol–water partition coefficient (Wildman–Crippen LogP) is 4.84. The fraction of sp³-hybridized carbons (Fsp3) is 0.417. The summed E-state index contributed by atoms with van der Waals surface area (Å²) < 4.78 is 0. The van der Waals surface area contributed by atoms with Crippen molar-refractivity contribution in [2.45, 2.75) is 50.6 Å². The molecule has 0 saturated heterocycles. The van der Waals surface area contributed by atoms with E-state index in [-0.39, 0.29) is 11.8 Å². The first-order valence-electron chi connectivity index (χ1n) is 9.80. The molecule has 4 heteroatoms. The summed E-state index contributed by atoms with van der Waals surface area (Å²) in [5.74, 6) is 0.236. The molecule has 3 unspecified atom stereocenters. The molecular formula is C24H26N2O2. The fourth-order valence-corrected chi connectivity index (χ4v) is 5.39. The van der Waals surface area contributed by atoms with Crippen molar-refractivity contribution in [1.29, 1.82) is 0 Å². The molecule has 3 atom stereocenters. The Hall–Kier alpha value is -2.80. The quantitative estimate of drug-likeness (QED) is 0.555. The van der Waals surface area contributed by atoms with Crippen LogP contribution in [0, 0.1) is 11.8 Å². The van der Waals surface area contributed by atoms with E-state index in [9.17, 15) is 9.59 Å². The highest BCUT2D eigenvalue weighted by atomic mass is 16.1. The van der Waals surface area contributed by atoms with Crippen LogP contribution in [0.1, 0.15) is 44.7 Å². The Morgan fingerprint density at radius 1 is 0.929 bits per heavy atom. The smallest absolute Gasteiger partial charge is 0.211 e. The van der Waals surface area contributed by atoms with Crippen LogP contribution in [-0.4, -0.2) is 23.7 Å². The summed E-state index contributed by atoms with van der Waals surface area (Å²) >= 11 is 0. The van der Waals surface area contributed by atoms with Gasteiger partial charge in [-0.3, -0.25) is 0 Å². The van der Waals surface area contributed by atoms with Crippen molar-refractivity contribution in [3.8, 4) is 0 Å². The predicted molar refractivity (Wildman–Crippen MR) is 110 cm³/mol. The average Bonchev–Trinajstić information content (AvgIpc) is 2.71. The summed E-state index contributed by atoms with van der Waals surface area (Å²) in [6, 6.07) is 19.9. The molecule has 1 fully saturated rings. The van der Waals surface area contributed by atoms with Gasteiger partial charge < -0.3 is 0 Å². The molecule has 1 saturated carbocycles. The lowest BCUT2D eigenvalue weighted by Crippen LogP contribution is -2.64. The summed E-state index contributed by atoms with van der Waals surface area (Å²) in [6.07, 6.45) is 5.08. The second-order valence-corrected chi connectivity index (χ2v) is 8.10. The summed E-state index contributed by atoms with van der Waals surface area (Å²) in [4.78, 5) is 31.8. The lowest BCUT2D eigenvalue weighted by molar-refractivity contribution is 0.0764. The van der Waals surface area contributed by atoms with Crippen LogP contribution >= 0.6 is 0 Å².